The molecule has 5 aromatic rings. The molecule has 4 atom stereocenters. The monoisotopic (exact) mass is 823 g/mol. The largest absolute Gasteiger partial charge is 0.497 e. The molecule has 0 radical (unpaired) electrons. The van der Waals surface area contributed by atoms with Gasteiger partial charge in [-0.3, -0.25) is 14.3 Å². The van der Waals surface area contributed by atoms with Gasteiger partial charge in [0.2, 0.25) is 0 Å². The number of aliphatic hydroxyl groups excluding tert-OH is 1. The molecule has 2 amide bonds. The molecule has 2 aliphatic rings. The lowest BCUT2D eigenvalue weighted by Crippen LogP contribution is -2.51. The van der Waals surface area contributed by atoms with Gasteiger partial charge in [0.05, 0.1) is 46.3 Å². The summed E-state index contributed by atoms with van der Waals surface area (Å²) in [5, 5.41) is 22.2. The van der Waals surface area contributed by atoms with Crippen molar-refractivity contribution in [1.29, 1.82) is 0 Å². The Hall–Kier alpha value is -4.82. The number of aliphatic hydroxyl groups is 1. The van der Waals surface area contributed by atoms with Gasteiger partial charge in [-0.2, -0.15) is 0 Å². The van der Waals surface area contributed by atoms with Crippen LogP contribution in [0.4, 0.5) is 11.4 Å². The van der Waals surface area contributed by atoms with Crippen LogP contribution in [0.25, 0.3) is 0 Å². The van der Waals surface area contributed by atoms with Crippen molar-refractivity contribution in [3.05, 3.63) is 124 Å². The number of nitrogens with zero attached hydrogens (tertiary/aromatic N) is 4. The molecule has 4 aromatic carbocycles. The summed E-state index contributed by atoms with van der Waals surface area (Å²) in [4.78, 5) is 29.9. The van der Waals surface area contributed by atoms with Crippen molar-refractivity contribution in [2.45, 2.75) is 63.2 Å². The number of ether oxygens (including phenoxy) is 3. The molecule has 2 aliphatic heterocycles. The Labute approximate surface area is 330 Å². The zero-order valence-electron chi connectivity index (χ0n) is 31.7. The van der Waals surface area contributed by atoms with Gasteiger partial charge in [0.25, 0.3) is 11.8 Å². The molecular weight excluding hydrogens is 778 g/mol. The quantitative estimate of drug-likeness (QED) is 0.126. The highest BCUT2D eigenvalue weighted by molar-refractivity contribution is 9.10. The summed E-state index contributed by atoms with van der Waals surface area (Å²) in [7, 11) is 0.918. The second-order valence-corrected chi connectivity index (χ2v) is 20.4. The Bertz CT molecular complexity index is 2160. The molecule has 1 spiro atoms. The number of halogens is 1. The Morgan fingerprint density at radius 3 is 2.31 bits per heavy atom. The maximum Gasteiger partial charge on any atom is 0.264 e. The maximum atomic E-state index is 15.2. The van der Waals surface area contributed by atoms with Crippen molar-refractivity contribution < 1.29 is 28.9 Å². The van der Waals surface area contributed by atoms with Crippen LogP contribution in [-0.2, 0) is 34.6 Å². The number of fused-ring (bicyclic) bond motifs is 2. The van der Waals surface area contributed by atoms with Gasteiger partial charge >= 0.3 is 0 Å². The normalized spacial score (nSPS) is 20.5. The average molecular weight is 825 g/mol. The molecule has 0 aliphatic carbocycles. The first kappa shape index (κ1) is 38.5. The summed E-state index contributed by atoms with van der Waals surface area (Å²) >= 11 is 3.70. The standard InChI is InChI=1S/C42H46BrN5O6Si/c1-27-39(55(4,5)35-17-15-34(53-3)16-18-35)38(20-22-47-26-32(21-23-49)45-46-47)54-42(27)36-24-30(43)10-19-37(36)48(41(42)51)25-28-6-11-31(12-7-28)44-40(50)29-8-13-33(52-2)14-9-29/h6-19,24,26-27,38-39,49H,20-23,25H2,1-5H3,(H,44,50)/t27-,38+,39-,42+/m1/s1. The van der Waals surface area contributed by atoms with Crippen LogP contribution >= 0.6 is 15.9 Å². The molecule has 1 saturated heterocycles. The number of nitrogens with one attached hydrogen (secondary N) is 1. The molecule has 1 aromatic heterocycles. The number of amides is 2. The van der Waals surface area contributed by atoms with E-state index in [1.807, 2.05) is 65.7 Å². The van der Waals surface area contributed by atoms with E-state index in [4.69, 9.17) is 14.2 Å². The van der Waals surface area contributed by atoms with Gasteiger partial charge in [-0.1, -0.05) is 70.6 Å². The first-order valence-electron chi connectivity index (χ1n) is 18.5. The van der Waals surface area contributed by atoms with Crippen LogP contribution < -0.4 is 24.9 Å². The summed E-state index contributed by atoms with van der Waals surface area (Å²) in [6.45, 7) is 7.82. The van der Waals surface area contributed by atoms with Crippen molar-refractivity contribution in [3.8, 4) is 11.5 Å². The van der Waals surface area contributed by atoms with E-state index in [0.717, 1.165) is 32.7 Å². The fraction of sp³-hybridized carbons (Fsp3) is 0.333. The number of aromatic nitrogens is 3. The number of carbonyl (C=O) groups is 2. The van der Waals surface area contributed by atoms with Gasteiger partial charge in [-0.15, -0.1) is 5.10 Å². The molecule has 0 bridgehead atoms. The highest BCUT2D eigenvalue weighted by atomic mass is 79.9. The molecule has 0 saturated carbocycles. The predicted octanol–water partition coefficient (Wildman–Crippen LogP) is 6.70. The van der Waals surface area contributed by atoms with Gasteiger partial charge in [0.1, 0.15) is 11.5 Å². The minimum Gasteiger partial charge on any atom is -0.497 e. The number of carbonyl (C=O) groups excluding carboxylic acids is 2. The summed E-state index contributed by atoms with van der Waals surface area (Å²) in [5.74, 6) is 1.01. The van der Waals surface area contributed by atoms with Gasteiger partial charge in [-0.25, -0.2) is 0 Å². The predicted molar refractivity (Wildman–Crippen MR) is 218 cm³/mol. The van der Waals surface area contributed by atoms with Crippen LogP contribution in [-0.4, -0.2) is 66.9 Å². The number of hydrogen-bond donors (Lipinski definition) is 2. The van der Waals surface area contributed by atoms with Gasteiger partial charge in [-0.05, 0) is 84.3 Å². The first-order valence-corrected chi connectivity index (χ1v) is 22.3. The van der Waals surface area contributed by atoms with Crippen molar-refractivity contribution in [2.75, 3.05) is 31.0 Å². The first-order chi connectivity index (χ1) is 26.5. The minimum absolute atomic E-state index is 0.00701. The second-order valence-electron chi connectivity index (χ2n) is 14.8. The minimum atomic E-state index is -2.34. The van der Waals surface area contributed by atoms with Crippen LogP contribution in [0.2, 0.25) is 18.6 Å². The topological polar surface area (TPSA) is 128 Å². The molecule has 2 N–H and O–H groups in total. The van der Waals surface area contributed by atoms with E-state index >= 15 is 4.79 Å². The number of aryl methyl sites for hydroxylation is 1. The van der Waals surface area contributed by atoms with Crippen molar-refractivity contribution in [3.63, 3.8) is 0 Å². The molecule has 3 heterocycles. The van der Waals surface area contributed by atoms with Crippen LogP contribution in [0.1, 0.15) is 40.5 Å². The number of benzene rings is 4. The van der Waals surface area contributed by atoms with E-state index in [2.05, 4.69) is 63.7 Å². The van der Waals surface area contributed by atoms with Crippen LogP contribution in [0.3, 0.4) is 0 Å². The fourth-order valence-electron chi connectivity index (χ4n) is 8.47. The Balaban J connectivity index is 1.19. The second kappa shape index (κ2) is 15.7. The zero-order valence-corrected chi connectivity index (χ0v) is 34.2. The van der Waals surface area contributed by atoms with Gasteiger partial charge in [0, 0.05) is 53.0 Å². The Morgan fingerprint density at radius 1 is 0.982 bits per heavy atom. The summed E-state index contributed by atoms with van der Waals surface area (Å²) < 4.78 is 20.7. The molecular formula is C42H46BrN5O6Si. The third-order valence-corrected chi connectivity index (χ3v) is 16.2. The lowest BCUT2D eigenvalue weighted by Gasteiger charge is -2.37. The van der Waals surface area contributed by atoms with Gasteiger partial charge in [0.15, 0.2) is 5.60 Å². The number of methoxy groups -OCH3 is 2. The zero-order chi connectivity index (χ0) is 38.9. The molecule has 7 rings (SSSR count). The molecule has 13 heteroatoms. The van der Waals surface area contributed by atoms with Crippen molar-refractivity contribution >= 4 is 52.4 Å². The molecule has 55 heavy (non-hydrogen) atoms. The summed E-state index contributed by atoms with van der Waals surface area (Å²) in [6, 6.07) is 28.9. The fourth-order valence-corrected chi connectivity index (χ4v) is 12.9. The Kier molecular flexibility index (Phi) is 11.0. The van der Waals surface area contributed by atoms with E-state index in [0.29, 0.717) is 42.9 Å². The van der Waals surface area contributed by atoms with Crippen LogP contribution in [0, 0.1) is 5.92 Å². The van der Waals surface area contributed by atoms with E-state index in [1.165, 1.54) is 5.19 Å². The molecule has 286 valence electrons. The molecule has 1 fully saturated rings. The highest BCUT2D eigenvalue weighted by Crippen LogP contribution is 2.60. The molecule has 0 unspecified atom stereocenters. The summed E-state index contributed by atoms with van der Waals surface area (Å²) in [6.07, 6.45) is 2.69. The number of anilines is 2. The van der Waals surface area contributed by atoms with Crippen LogP contribution in [0.5, 0.6) is 11.5 Å². The van der Waals surface area contributed by atoms with E-state index in [-0.39, 0.29) is 36.0 Å². The highest BCUT2D eigenvalue weighted by Gasteiger charge is 2.66. The summed E-state index contributed by atoms with van der Waals surface area (Å²) in [5.41, 5.74) is 3.36. The van der Waals surface area contributed by atoms with E-state index < -0.39 is 13.7 Å². The smallest absolute Gasteiger partial charge is 0.264 e. The molecule has 11 nitrogen and oxygen atoms in total. The average Bonchev–Trinajstić information content (AvgIpc) is 3.84. The third-order valence-electron chi connectivity index (χ3n) is 11.3. The number of hydrogen-bond acceptors (Lipinski definition) is 8. The van der Waals surface area contributed by atoms with Crippen molar-refractivity contribution in [2.24, 2.45) is 5.92 Å². The van der Waals surface area contributed by atoms with E-state index in [1.54, 1.807) is 43.2 Å². The maximum absolute atomic E-state index is 15.2. The SMILES string of the molecule is COc1ccc(C(=O)Nc2ccc(CN3C(=O)[C@@]4(O[C@@H](CCn5cc(CCO)nn5)[C@H]([Si](C)(C)c5ccc(OC)cc5)[C@H]4C)c4cc(Br)ccc43)cc2)cc1. The lowest BCUT2D eigenvalue weighted by molar-refractivity contribution is -0.146. The third kappa shape index (κ3) is 7.33. The van der Waals surface area contributed by atoms with Crippen LogP contribution in [0.15, 0.2) is 102 Å². The van der Waals surface area contributed by atoms with Gasteiger partial charge < -0.3 is 29.5 Å². The van der Waals surface area contributed by atoms with E-state index in [9.17, 15) is 9.90 Å². The number of rotatable bonds is 13. The van der Waals surface area contributed by atoms with Crippen molar-refractivity contribution in [1.82, 2.24) is 15.0 Å². The lowest BCUT2D eigenvalue weighted by atomic mass is 9.82. The Morgan fingerprint density at radius 2 is 1.65 bits per heavy atom.